The standard InChI is InChI=1S/C21H19N3O3S.C18H19N3O.C13H9N/c1-28(26,27)24-15-10-11-18(14(12-15)13-25)23-21-16-6-2-4-8-19(16)22-20-9-5-3-7-17(20)21;1-21(2)11-10-19-18(22)15-8-5-7-14-12-13-6-3-4-9-16(13)20-17(14)15;1-3-7-12-10(5-1)9-11-6-2-4-8-13(11)14-12/h2-12,24-25H,13H2,1H3,(H,22,23);3-9,12H,10-11H2,1-2H3,(H,19,22);1-9H. The van der Waals surface area contributed by atoms with Crippen LogP contribution in [-0.4, -0.2) is 72.7 Å². The smallest absolute Gasteiger partial charge is 0.253 e. The van der Waals surface area contributed by atoms with Gasteiger partial charge in [0.2, 0.25) is 10.0 Å². The highest BCUT2D eigenvalue weighted by Crippen LogP contribution is 2.35. The Morgan fingerprint density at radius 1 is 0.594 bits per heavy atom. The number of aliphatic hydroxyl groups is 1. The SMILES string of the molecule is CN(C)CCNC(=O)c1cccc2cc3ccccc3nc12.CS(=O)(=O)Nc1ccc(Nc2c3ccccc3nc3ccccc23)c(CO)c1.c1ccc2nc3ccccc3cc2c1. The van der Waals surface area contributed by atoms with E-state index in [4.69, 9.17) is 4.98 Å². The molecular formula is C52H47N7O4S. The quantitative estimate of drug-likeness (QED) is 0.104. The average Bonchev–Trinajstić information content (AvgIpc) is 3.30. The molecule has 12 heteroatoms. The third-order valence-corrected chi connectivity index (χ3v) is 11.1. The summed E-state index contributed by atoms with van der Waals surface area (Å²) in [5.74, 6) is -0.0739. The predicted octanol–water partition coefficient (Wildman–Crippen LogP) is 10.1. The fraction of sp³-hybridized carbons (Fsp3) is 0.115. The van der Waals surface area contributed by atoms with Crippen LogP contribution < -0.4 is 15.4 Å². The summed E-state index contributed by atoms with van der Waals surface area (Å²) >= 11 is 0. The third kappa shape index (κ3) is 10.2. The van der Waals surface area contributed by atoms with Crippen molar-refractivity contribution < 1.29 is 18.3 Å². The van der Waals surface area contributed by atoms with E-state index in [1.165, 1.54) is 10.8 Å². The molecule has 0 unspecified atom stereocenters. The van der Waals surface area contributed by atoms with E-state index < -0.39 is 10.0 Å². The largest absolute Gasteiger partial charge is 0.392 e. The Morgan fingerprint density at radius 3 is 1.66 bits per heavy atom. The molecule has 0 aliphatic heterocycles. The molecule has 0 aliphatic rings. The minimum absolute atomic E-state index is 0.0739. The molecule has 11 nitrogen and oxygen atoms in total. The maximum Gasteiger partial charge on any atom is 0.253 e. The van der Waals surface area contributed by atoms with Crippen molar-refractivity contribution in [3.8, 4) is 0 Å². The average molecular weight is 866 g/mol. The van der Waals surface area contributed by atoms with Crippen LogP contribution in [0.15, 0.2) is 170 Å². The highest BCUT2D eigenvalue weighted by atomic mass is 32.2. The predicted molar refractivity (Wildman–Crippen MR) is 263 cm³/mol. The molecule has 3 heterocycles. The van der Waals surface area contributed by atoms with Crippen LogP contribution in [0.4, 0.5) is 17.1 Å². The summed E-state index contributed by atoms with van der Waals surface area (Å²) in [7, 11) is 0.576. The van der Waals surface area contributed by atoms with Crippen molar-refractivity contribution in [3.05, 3.63) is 181 Å². The zero-order valence-corrected chi connectivity index (χ0v) is 36.5. The van der Waals surface area contributed by atoms with Gasteiger partial charge in [0.05, 0.1) is 57.2 Å². The first kappa shape index (κ1) is 43.2. The molecule has 0 aliphatic carbocycles. The third-order valence-electron chi connectivity index (χ3n) is 10.5. The normalized spacial score (nSPS) is 11.3. The van der Waals surface area contributed by atoms with Crippen molar-refractivity contribution in [2.24, 2.45) is 0 Å². The number of aliphatic hydroxyl groups excluding tert-OH is 1. The van der Waals surface area contributed by atoms with Gasteiger partial charge in [-0.2, -0.15) is 0 Å². The maximum atomic E-state index is 12.4. The summed E-state index contributed by atoms with van der Waals surface area (Å²) in [5.41, 5.74) is 8.71. The van der Waals surface area contributed by atoms with Gasteiger partial charge in [-0.1, -0.05) is 103 Å². The van der Waals surface area contributed by atoms with Gasteiger partial charge in [-0.25, -0.2) is 23.4 Å². The van der Waals surface area contributed by atoms with E-state index in [9.17, 15) is 18.3 Å². The first-order valence-electron chi connectivity index (χ1n) is 20.7. The second-order valence-corrected chi connectivity index (χ2v) is 17.3. The Labute approximate surface area is 371 Å². The van der Waals surface area contributed by atoms with Gasteiger partial charge in [-0.15, -0.1) is 0 Å². The topological polar surface area (TPSA) is 149 Å². The minimum atomic E-state index is -3.39. The van der Waals surface area contributed by atoms with Crippen LogP contribution in [0, 0.1) is 0 Å². The van der Waals surface area contributed by atoms with E-state index >= 15 is 0 Å². The molecule has 4 N–H and O–H groups in total. The van der Waals surface area contributed by atoms with Gasteiger partial charge in [0.15, 0.2) is 0 Å². The van der Waals surface area contributed by atoms with Crippen molar-refractivity contribution in [2.75, 3.05) is 43.5 Å². The van der Waals surface area contributed by atoms with Gasteiger partial charge in [-0.3, -0.25) is 9.52 Å². The van der Waals surface area contributed by atoms with Gasteiger partial charge < -0.3 is 20.6 Å². The lowest BCUT2D eigenvalue weighted by atomic mass is 10.1. The van der Waals surface area contributed by atoms with Crippen molar-refractivity contribution >= 4 is 98.4 Å². The number of sulfonamides is 1. The van der Waals surface area contributed by atoms with E-state index in [0.717, 1.165) is 73.1 Å². The fourth-order valence-corrected chi connectivity index (χ4v) is 7.98. The second-order valence-electron chi connectivity index (χ2n) is 15.5. The van der Waals surface area contributed by atoms with Gasteiger partial charge >= 0.3 is 0 Å². The summed E-state index contributed by atoms with van der Waals surface area (Å²) < 4.78 is 25.4. The van der Waals surface area contributed by atoms with Crippen molar-refractivity contribution in [2.45, 2.75) is 6.61 Å². The summed E-state index contributed by atoms with van der Waals surface area (Å²) in [6.45, 7) is 1.20. The van der Waals surface area contributed by atoms with Gasteiger partial charge in [-0.05, 0) is 80.8 Å². The molecule has 0 saturated heterocycles. The zero-order chi connectivity index (χ0) is 44.6. The van der Waals surface area contributed by atoms with Gasteiger partial charge in [0, 0.05) is 62.3 Å². The Morgan fingerprint density at radius 2 is 1.09 bits per heavy atom. The summed E-state index contributed by atoms with van der Waals surface area (Å²) in [5, 5.41) is 22.6. The lowest BCUT2D eigenvalue weighted by molar-refractivity contribution is 0.0952. The number of hydrogen-bond acceptors (Lipinski definition) is 9. The number of carbonyl (C=O) groups excluding carboxylic acids is 1. The van der Waals surface area contributed by atoms with E-state index in [-0.39, 0.29) is 12.5 Å². The highest BCUT2D eigenvalue weighted by molar-refractivity contribution is 7.92. The monoisotopic (exact) mass is 865 g/mol. The number of carbonyl (C=O) groups is 1. The molecule has 0 bridgehead atoms. The number of nitrogens with one attached hydrogen (secondary N) is 3. The molecule has 1 amide bonds. The molecule has 64 heavy (non-hydrogen) atoms. The first-order valence-corrected chi connectivity index (χ1v) is 22.6. The molecule has 3 aromatic heterocycles. The lowest BCUT2D eigenvalue weighted by Crippen LogP contribution is -2.31. The number of fused-ring (bicyclic) bond motifs is 6. The number of likely N-dealkylation sites (N-methyl/N-ethyl adjacent to an activating group) is 1. The van der Waals surface area contributed by atoms with E-state index in [1.807, 2.05) is 146 Å². The number of para-hydroxylation sites is 6. The number of amides is 1. The lowest BCUT2D eigenvalue weighted by Gasteiger charge is -2.16. The number of aromatic nitrogens is 3. The Hall–Kier alpha value is -7.51. The molecule has 0 atom stereocenters. The summed E-state index contributed by atoms with van der Waals surface area (Å²) in [6.07, 6.45) is 1.09. The zero-order valence-electron chi connectivity index (χ0n) is 35.7. The summed E-state index contributed by atoms with van der Waals surface area (Å²) in [4.78, 5) is 28.4. The molecular weight excluding hydrogens is 819 g/mol. The Kier molecular flexibility index (Phi) is 13.0. The van der Waals surface area contributed by atoms with Crippen LogP contribution in [0.5, 0.6) is 0 Å². The molecule has 10 rings (SSSR count). The summed E-state index contributed by atoms with van der Waals surface area (Å²) in [6, 6.07) is 55.1. The second kappa shape index (κ2) is 19.3. The minimum Gasteiger partial charge on any atom is -0.392 e. The molecule has 10 aromatic rings. The number of hydrogen-bond donors (Lipinski definition) is 4. The molecule has 0 spiro atoms. The van der Waals surface area contributed by atoms with E-state index in [0.29, 0.717) is 29.0 Å². The van der Waals surface area contributed by atoms with Crippen molar-refractivity contribution in [1.82, 2.24) is 25.2 Å². The highest BCUT2D eigenvalue weighted by Gasteiger charge is 2.14. The number of nitrogens with zero attached hydrogens (tertiary/aromatic N) is 4. The van der Waals surface area contributed by atoms with Crippen molar-refractivity contribution in [3.63, 3.8) is 0 Å². The van der Waals surface area contributed by atoms with Crippen LogP contribution in [0.25, 0.3) is 65.4 Å². The number of benzene rings is 7. The maximum absolute atomic E-state index is 12.4. The van der Waals surface area contributed by atoms with Crippen LogP contribution in [0.3, 0.4) is 0 Å². The number of pyridine rings is 3. The Bertz CT molecular complexity index is 3260. The number of anilines is 3. The van der Waals surface area contributed by atoms with Crippen LogP contribution in [0.2, 0.25) is 0 Å². The number of rotatable bonds is 9. The molecule has 7 aromatic carbocycles. The molecule has 0 radical (unpaired) electrons. The van der Waals surface area contributed by atoms with E-state index in [2.05, 4.69) is 49.6 Å². The Balaban J connectivity index is 0.000000138. The van der Waals surface area contributed by atoms with Crippen LogP contribution in [-0.2, 0) is 16.6 Å². The molecule has 0 saturated carbocycles. The first-order chi connectivity index (χ1) is 31.0. The van der Waals surface area contributed by atoms with Crippen LogP contribution >= 0.6 is 0 Å². The van der Waals surface area contributed by atoms with E-state index in [1.54, 1.807) is 18.2 Å². The van der Waals surface area contributed by atoms with Crippen molar-refractivity contribution in [1.29, 1.82) is 0 Å². The molecule has 320 valence electrons. The molecule has 0 fully saturated rings. The fourth-order valence-electron chi connectivity index (χ4n) is 7.43. The van der Waals surface area contributed by atoms with Gasteiger partial charge in [0.25, 0.3) is 5.91 Å². The van der Waals surface area contributed by atoms with Gasteiger partial charge in [0.1, 0.15) is 0 Å². The van der Waals surface area contributed by atoms with Crippen LogP contribution in [0.1, 0.15) is 15.9 Å².